The third-order valence-corrected chi connectivity index (χ3v) is 6.54. The van der Waals surface area contributed by atoms with Crippen molar-refractivity contribution in [2.45, 2.75) is 77.2 Å². The summed E-state index contributed by atoms with van der Waals surface area (Å²) in [5, 5.41) is 10.1. The van der Waals surface area contributed by atoms with Gasteiger partial charge in [-0.25, -0.2) is 0 Å². The van der Waals surface area contributed by atoms with Gasteiger partial charge in [0.05, 0.1) is 18.1 Å². The maximum Gasteiger partial charge on any atom is 0.313 e. The monoisotopic (exact) mass is 404 g/mol. The molecule has 5 atom stereocenters. The molecule has 2 rings (SSSR count). The van der Waals surface area contributed by atoms with E-state index in [0.717, 1.165) is 32.1 Å². The molecule has 5 nitrogen and oxygen atoms in total. The van der Waals surface area contributed by atoms with Crippen LogP contribution in [0.3, 0.4) is 0 Å². The van der Waals surface area contributed by atoms with Crippen molar-refractivity contribution in [3.63, 3.8) is 0 Å². The van der Waals surface area contributed by atoms with Gasteiger partial charge in [-0.05, 0) is 51.4 Å². The molecular weight excluding hydrogens is 368 g/mol. The number of Topliss-reactive ketones (excluding diaryl/α,β-unsaturated/α-hetero) is 2. The van der Waals surface area contributed by atoms with Gasteiger partial charge in [-0.2, -0.15) is 0 Å². The normalized spacial score (nSPS) is 30.6. The van der Waals surface area contributed by atoms with Crippen molar-refractivity contribution in [1.82, 2.24) is 0 Å². The first-order valence-corrected chi connectivity index (χ1v) is 11.0. The lowest BCUT2D eigenvalue weighted by Gasteiger charge is -2.20. The first kappa shape index (κ1) is 23.5. The van der Waals surface area contributed by atoms with E-state index in [1.54, 1.807) is 13.0 Å². The highest BCUT2D eigenvalue weighted by atomic mass is 16.5. The fourth-order valence-electron chi connectivity index (χ4n) is 4.72. The van der Waals surface area contributed by atoms with Gasteiger partial charge >= 0.3 is 5.97 Å². The van der Waals surface area contributed by atoms with Crippen LogP contribution in [0.15, 0.2) is 25.3 Å². The molecule has 1 unspecified atom stereocenters. The van der Waals surface area contributed by atoms with Crippen molar-refractivity contribution >= 4 is 17.5 Å². The summed E-state index contributed by atoms with van der Waals surface area (Å²) in [5.74, 6) is -1.34. The number of carbonyl (C=O) groups excluding carboxylic acids is 3. The van der Waals surface area contributed by atoms with E-state index in [9.17, 15) is 19.5 Å². The summed E-state index contributed by atoms with van der Waals surface area (Å²) in [6, 6.07) is 0. The van der Waals surface area contributed by atoms with Gasteiger partial charge < -0.3 is 9.84 Å². The summed E-state index contributed by atoms with van der Waals surface area (Å²) >= 11 is 0. The van der Waals surface area contributed by atoms with E-state index in [1.165, 1.54) is 0 Å². The number of hydrogen-bond acceptors (Lipinski definition) is 5. The Morgan fingerprint density at radius 3 is 2.31 bits per heavy atom. The predicted molar refractivity (Wildman–Crippen MR) is 112 cm³/mol. The largest absolute Gasteiger partial charge is 0.466 e. The molecule has 0 heterocycles. The van der Waals surface area contributed by atoms with Gasteiger partial charge in [0.2, 0.25) is 0 Å². The summed E-state index contributed by atoms with van der Waals surface area (Å²) in [4.78, 5) is 38.2. The zero-order valence-corrected chi connectivity index (χ0v) is 17.7. The van der Waals surface area contributed by atoms with E-state index >= 15 is 0 Å². The molecule has 2 saturated carbocycles. The Balaban J connectivity index is 1.93. The number of carbonyl (C=O) groups is 3. The molecule has 0 saturated heterocycles. The van der Waals surface area contributed by atoms with Crippen LogP contribution in [0, 0.1) is 23.2 Å². The van der Waals surface area contributed by atoms with Gasteiger partial charge in [0, 0.05) is 24.7 Å². The number of unbranched alkanes of at least 4 members (excludes halogenated alkanes) is 4. The lowest BCUT2D eigenvalue weighted by atomic mass is 9.82. The summed E-state index contributed by atoms with van der Waals surface area (Å²) in [6.07, 6.45) is 9.69. The Labute approximate surface area is 174 Å². The number of rotatable bonds is 14. The predicted octanol–water partition coefficient (Wildman–Crippen LogP) is 4.18. The van der Waals surface area contributed by atoms with Crippen molar-refractivity contribution in [3.05, 3.63) is 25.3 Å². The molecule has 0 radical (unpaired) electrons. The minimum Gasteiger partial charge on any atom is -0.466 e. The van der Waals surface area contributed by atoms with Gasteiger partial charge in [-0.15, -0.1) is 13.2 Å². The molecule has 2 aliphatic carbocycles. The quantitative estimate of drug-likeness (QED) is 0.267. The van der Waals surface area contributed by atoms with E-state index in [0.29, 0.717) is 25.7 Å². The van der Waals surface area contributed by atoms with Gasteiger partial charge in [0.15, 0.2) is 0 Å². The van der Waals surface area contributed by atoms with Crippen molar-refractivity contribution in [1.29, 1.82) is 0 Å². The van der Waals surface area contributed by atoms with Crippen LogP contribution in [0.1, 0.15) is 71.1 Å². The van der Waals surface area contributed by atoms with Crippen molar-refractivity contribution in [2.75, 3.05) is 6.61 Å². The fourth-order valence-corrected chi connectivity index (χ4v) is 4.72. The molecular formula is C24H36O5. The summed E-state index contributed by atoms with van der Waals surface area (Å²) in [7, 11) is 0. The van der Waals surface area contributed by atoms with Crippen molar-refractivity contribution < 1.29 is 24.2 Å². The molecule has 0 aromatic heterocycles. The van der Waals surface area contributed by atoms with Crippen molar-refractivity contribution in [2.24, 2.45) is 23.2 Å². The zero-order valence-electron chi connectivity index (χ0n) is 17.7. The van der Waals surface area contributed by atoms with E-state index in [2.05, 4.69) is 13.2 Å². The first-order valence-electron chi connectivity index (χ1n) is 11.0. The lowest BCUT2D eigenvalue weighted by molar-refractivity contribution is -0.152. The smallest absolute Gasteiger partial charge is 0.313 e. The molecule has 29 heavy (non-hydrogen) atoms. The number of aliphatic hydroxyl groups excluding tert-OH is 1. The number of allylic oxidation sites excluding steroid dienone is 2. The average Bonchev–Trinajstić information content (AvgIpc) is 3.27. The van der Waals surface area contributed by atoms with E-state index < -0.39 is 23.4 Å². The maximum absolute atomic E-state index is 13.1. The second-order valence-electron chi connectivity index (χ2n) is 8.61. The second kappa shape index (κ2) is 10.9. The molecule has 0 aliphatic heterocycles. The number of ketones is 2. The van der Waals surface area contributed by atoms with E-state index in [1.807, 2.05) is 6.08 Å². The molecule has 2 fully saturated rings. The average molecular weight is 405 g/mol. The van der Waals surface area contributed by atoms with Crippen LogP contribution in [0.4, 0.5) is 0 Å². The molecule has 0 spiro atoms. The van der Waals surface area contributed by atoms with Gasteiger partial charge in [0.1, 0.15) is 11.6 Å². The Kier molecular flexibility index (Phi) is 8.81. The molecule has 1 N–H and O–H groups in total. The van der Waals surface area contributed by atoms with E-state index in [-0.39, 0.29) is 36.5 Å². The van der Waals surface area contributed by atoms with Crippen LogP contribution in [0.25, 0.3) is 0 Å². The third-order valence-electron chi connectivity index (χ3n) is 6.54. The van der Waals surface area contributed by atoms with Crippen LogP contribution in [0.5, 0.6) is 0 Å². The van der Waals surface area contributed by atoms with Gasteiger partial charge in [-0.1, -0.05) is 25.0 Å². The molecule has 0 aromatic carbocycles. The molecule has 0 amide bonds. The van der Waals surface area contributed by atoms with Crippen LogP contribution < -0.4 is 0 Å². The highest BCUT2D eigenvalue weighted by Gasteiger charge is 2.61. The molecule has 2 aliphatic rings. The van der Waals surface area contributed by atoms with Crippen LogP contribution >= 0.6 is 0 Å². The second-order valence-corrected chi connectivity index (χ2v) is 8.61. The first-order chi connectivity index (χ1) is 13.9. The molecule has 0 aromatic rings. The highest BCUT2D eigenvalue weighted by Crippen LogP contribution is 2.57. The van der Waals surface area contributed by atoms with Crippen LogP contribution in [-0.2, 0) is 19.1 Å². The number of hydrogen-bond donors (Lipinski definition) is 1. The fraction of sp³-hybridized carbons (Fsp3) is 0.708. The Morgan fingerprint density at radius 2 is 1.72 bits per heavy atom. The summed E-state index contributed by atoms with van der Waals surface area (Å²) in [5.41, 5.74) is -0.818. The number of aliphatic hydroxyl groups is 1. The van der Waals surface area contributed by atoms with E-state index in [4.69, 9.17) is 4.74 Å². The highest BCUT2D eigenvalue weighted by molar-refractivity contribution is 5.94. The maximum atomic E-state index is 13.1. The van der Waals surface area contributed by atoms with Gasteiger partial charge in [-0.3, -0.25) is 14.4 Å². The summed E-state index contributed by atoms with van der Waals surface area (Å²) < 4.78 is 5.19. The molecule has 0 bridgehead atoms. The standard InChI is InChI=1S/C24H36O5/c1-4-7-8-9-10-11-12-21(26)19-13-18(25)14-20(19)22(27)16-24(15-17(24)5-2)23(28)29-6-3/h4-5,17-20,25H,1-2,6-16H2,3H3/t17?,18-,19-,20-,24-/m1/s1. The Morgan fingerprint density at radius 1 is 1.07 bits per heavy atom. The zero-order chi connectivity index (χ0) is 21.4. The topological polar surface area (TPSA) is 80.7 Å². The van der Waals surface area contributed by atoms with Crippen LogP contribution in [-0.4, -0.2) is 35.4 Å². The number of esters is 1. The minimum atomic E-state index is -0.818. The van der Waals surface area contributed by atoms with Crippen LogP contribution in [0.2, 0.25) is 0 Å². The Bertz CT molecular complexity index is 625. The number of ether oxygens (including phenoxy) is 1. The minimum absolute atomic E-state index is 0.0541. The Hall–Kier alpha value is -1.75. The third kappa shape index (κ3) is 5.88. The molecule has 5 heteroatoms. The molecule has 162 valence electrons. The van der Waals surface area contributed by atoms with Crippen molar-refractivity contribution in [3.8, 4) is 0 Å². The lowest BCUT2D eigenvalue weighted by Crippen LogP contribution is -2.31. The SMILES string of the molecule is C=CCCCCCCC(=O)[C@@H]1C[C@@H](O)C[C@H]1C(=O)C[C@]1(C(=O)OCC)CC1C=C. The van der Waals surface area contributed by atoms with Gasteiger partial charge in [0.25, 0.3) is 0 Å². The summed E-state index contributed by atoms with van der Waals surface area (Å²) in [6.45, 7) is 9.49.